The van der Waals surface area contributed by atoms with Gasteiger partial charge in [0, 0.05) is 26.0 Å². The number of pyridine rings is 1. The Kier molecular flexibility index (Phi) is 4.05. The molecule has 1 aromatic carbocycles. The number of hydrogen-bond donors (Lipinski definition) is 1. The van der Waals surface area contributed by atoms with Crippen LogP contribution in [-0.2, 0) is 6.42 Å². The lowest BCUT2D eigenvalue weighted by atomic mass is 10.2. The Bertz CT molecular complexity index is 493. The lowest BCUT2D eigenvalue weighted by Gasteiger charge is -2.22. The zero-order valence-corrected chi connectivity index (χ0v) is 11.1. The van der Waals surface area contributed by atoms with Crippen molar-refractivity contribution in [2.45, 2.75) is 6.42 Å². The van der Waals surface area contributed by atoms with Crippen molar-refractivity contribution >= 4 is 23.0 Å². The van der Waals surface area contributed by atoms with Gasteiger partial charge in [0.25, 0.3) is 0 Å². The Morgan fingerprint density at radius 3 is 2.78 bits per heavy atom. The van der Waals surface area contributed by atoms with Gasteiger partial charge < -0.3 is 10.6 Å². The first-order valence-corrected chi connectivity index (χ1v) is 6.20. The molecule has 0 fully saturated rings. The molecule has 0 aliphatic heterocycles. The molecule has 3 nitrogen and oxygen atoms in total. The SMILES string of the molecule is CN(CCc1cccnc1)c1c(N)cccc1Cl. The molecular weight excluding hydrogens is 246 g/mol. The quantitative estimate of drug-likeness (QED) is 0.861. The molecule has 0 amide bonds. The minimum Gasteiger partial charge on any atom is -0.397 e. The van der Waals surface area contributed by atoms with E-state index in [2.05, 4.69) is 16.0 Å². The van der Waals surface area contributed by atoms with Gasteiger partial charge in [-0.1, -0.05) is 23.7 Å². The summed E-state index contributed by atoms with van der Waals surface area (Å²) in [6, 6.07) is 9.59. The maximum Gasteiger partial charge on any atom is 0.0786 e. The molecule has 2 N–H and O–H groups in total. The fourth-order valence-electron chi connectivity index (χ4n) is 1.89. The van der Waals surface area contributed by atoms with Crippen LogP contribution in [0.4, 0.5) is 11.4 Å². The summed E-state index contributed by atoms with van der Waals surface area (Å²) in [5.74, 6) is 0. The number of benzene rings is 1. The van der Waals surface area contributed by atoms with E-state index in [-0.39, 0.29) is 0 Å². The highest BCUT2D eigenvalue weighted by Gasteiger charge is 2.09. The summed E-state index contributed by atoms with van der Waals surface area (Å²) in [4.78, 5) is 6.18. The molecule has 18 heavy (non-hydrogen) atoms. The molecule has 4 heteroatoms. The second kappa shape index (κ2) is 5.74. The van der Waals surface area contributed by atoms with Crippen molar-refractivity contribution in [1.82, 2.24) is 4.98 Å². The van der Waals surface area contributed by atoms with Crippen LogP contribution in [-0.4, -0.2) is 18.6 Å². The third-order valence-corrected chi connectivity index (χ3v) is 3.16. The number of anilines is 2. The molecule has 0 spiro atoms. The Balaban J connectivity index is 2.06. The smallest absolute Gasteiger partial charge is 0.0786 e. The van der Waals surface area contributed by atoms with Gasteiger partial charge in [-0.05, 0) is 30.2 Å². The van der Waals surface area contributed by atoms with E-state index in [0.29, 0.717) is 10.7 Å². The van der Waals surface area contributed by atoms with Crippen molar-refractivity contribution in [2.24, 2.45) is 0 Å². The van der Waals surface area contributed by atoms with Crippen molar-refractivity contribution in [2.75, 3.05) is 24.2 Å². The van der Waals surface area contributed by atoms with Gasteiger partial charge >= 0.3 is 0 Å². The average Bonchev–Trinajstić information content (AvgIpc) is 2.37. The number of nitrogen functional groups attached to an aromatic ring is 1. The molecule has 0 aliphatic carbocycles. The summed E-state index contributed by atoms with van der Waals surface area (Å²) in [6.45, 7) is 0.847. The van der Waals surface area contributed by atoms with E-state index in [1.807, 2.05) is 37.5 Å². The minimum atomic E-state index is 0.684. The molecule has 0 radical (unpaired) electrons. The van der Waals surface area contributed by atoms with E-state index >= 15 is 0 Å². The summed E-state index contributed by atoms with van der Waals surface area (Å²) < 4.78 is 0. The number of nitrogens with zero attached hydrogens (tertiary/aromatic N) is 2. The fraction of sp³-hybridized carbons (Fsp3) is 0.214. The summed E-state index contributed by atoms with van der Waals surface area (Å²) in [6.07, 6.45) is 4.57. The molecule has 0 atom stereocenters. The number of aromatic nitrogens is 1. The van der Waals surface area contributed by atoms with Crippen LogP contribution in [0.25, 0.3) is 0 Å². The number of hydrogen-bond acceptors (Lipinski definition) is 3. The maximum absolute atomic E-state index is 6.17. The molecule has 0 saturated carbocycles. The molecule has 0 bridgehead atoms. The Hall–Kier alpha value is -1.74. The van der Waals surface area contributed by atoms with Crippen molar-refractivity contribution in [3.63, 3.8) is 0 Å². The van der Waals surface area contributed by atoms with Crippen molar-refractivity contribution in [3.8, 4) is 0 Å². The normalized spacial score (nSPS) is 10.3. The van der Waals surface area contributed by atoms with E-state index in [1.54, 1.807) is 6.20 Å². The van der Waals surface area contributed by atoms with Crippen LogP contribution in [0.3, 0.4) is 0 Å². The third kappa shape index (κ3) is 2.93. The second-order valence-corrected chi connectivity index (χ2v) is 4.62. The first-order valence-electron chi connectivity index (χ1n) is 5.82. The molecule has 1 aromatic heterocycles. The summed E-state index contributed by atoms with van der Waals surface area (Å²) in [5.41, 5.74) is 8.75. The standard InChI is InChI=1S/C14H16ClN3/c1-18(9-7-11-4-3-8-17-10-11)14-12(15)5-2-6-13(14)16/h2-6,8,10H,7,9,16H2,1H3. The predicted molar refractivity (Wildman–Crippen MR) is 77.1 cm³/mol. The molecule has 2 aromatic rings. The maximum atomic E-state index is 6.17. The van der Waals surface area contributed by atoms with Gasteiger partial charge in [0.05, 0.1) is 16.4 Å². The van der Waals surface area contributed by atoms with E-state index in [9.17, 15) is 0 Å². The first-order chi connectivity index (χ1) is 8.68. The predicted octanol–water partition coefficient (Wildman–Crippen LogP) is 3.00. The topological polar surface area (TPSA) is 42.2 Å². The highest BCUT2D eigenvalue weighted by atomic mass is 35.5. The van der Waals surface area contributed by atoms with E-state index in [1.165, 1.54) is 5.56 Å². The van der Waals surface area contributed by atoms with Gasteiger partial charge in [-0.3, -0.25) is 4.98 Å². The van der Waals surface area contributed by atoms with Gasteiger partial charge in [0.1, 0.15) is 0 Å². The molecule has 1 heterocycles. The lowest BCUT2D eigenvalue weighted by molar-refractivity contribution is 0.873. The average molecular weight is 262 g/mol. The van der Waals surface area contributed by atoms with Crippen LogP contribution < -0.4 is 10.6 Å². The lowest BCUT2D eigenvalue weighted by Crippen LogP contribution is -2.21. The van der Waals surface area contributed by atoms with Crippen molar-refractivity contribution in [3.05, 3.63) is 53.3 Å². The number of nitrogens with two attached hydrogens (primary N) is 1. The zero-order valence-electron chi connectivity index (χ0n) is 10.3. The summed E-state index contributed by atoms with van der Waals surface area (Å²) in [5, 5.41) is 0.684. The van der Waals surface area contributed by atoms with E-state index in [0.717, 1.165) is 18.7 Å². The summed E-state index contributed by atoms with van der Waals surface area (Å²) in [7, 11) is 1.99. The molecule has 0 unspecified atom stereocenters. The van der Waals surface area contributed by atoms with E-state index in [4.69, 9.17) is 17.3 Å². The van der Waals surface area contributed by atoms with E-state index < -0.39 is 0 Å². The van der Waals surface area contributed by atoms with Gasteiger partial charge in [-0.2, -0.15) is 0 Å². The Morgan fingerprint density at radius 2 is 2.11 bits per heavy atom. The molecule has 94 valence electrons. The number of likely N-dealkylation sites (N-methyl/N-ethyl adjacent to an activating group) is 1. The molecule has 2 rings (SSSR count). The van der Waals surface area contributed by atoms with Crippen LogP contribution in [0.1, 0.15) is 5.56 Å². The second-order valence-electron chi connectivity index (χ2n) is 4.21. The van der Waals surface area contributed by atoms with Crippen LogP contribution in [0.2, 0.25) is 5.02 Å². The highest BCUT2D eigenvalue weighted by Crippen LogP contribution is 2.30. The number of para-hydroxylation sites is 1. The molecule has 0 saturated heterocycles. The largest absolute Gasteiger partial charge is 0.397 e. The monoisotopic (exact) mass is 261 g/mol. The zero-order chi connectivity index (χ0) is 13.0. The molecular formula is C14H16ClN3. The number of halogens is 1. The number of rotatable bonds is 4. The van der Waals surface area contributed by atoms with Gasteiger partial charge in [-0.25, -0.2) is 0 Å². The van der Waals surface area contributed by atoms with Crippen LogP contribution in [0, 0.1) is 0 Å². The van der Waals surface area contributed by atoms with Crippen LogP contribution >= 0.6 is 11.6 Å². The Labute approximate surface area is 112 Å². The van der Waals surface area contributed by atoms with Crippen molar-refractivity contribution < 1.29 is 0 Å². The molecule has 0 aliphatic rings. The first kappa shape index (κ1) is 12.7. The van der Waals surface area contributed by atoms with Gasteiger partial charge in [-0.15, -0.1) is 0 Å². The van der Waals surface area contributed by atoms with Crippen molar-refractivity contribution in [1.29, 1.82) is 0 Å². The highest BCUT2D eigenvalue weighted by molar-refractivity contribution is 6.33. The fourth-order valence-corrected chi connectivity index (χ4v) is 2.22. The van der Waals surface area contributed by atoms with Gasteiger partial charge in [0.2, 0.25) is 0 Å². The Morgan fingerprint density at radius 1 is 1.28 bits per heavy atom. The van der Waals surface area contributed by atoms with Gasteiger partial charge in [0.15, 0.2) is 0 Å². The van der Waals surface area contributed by atoms with Crippen LogP contribution in [0.15, 0.2) is 42.7 Å². The van der Waals surface area contributed by atoms with Crippen LogP contribution in [0.5, 0.6) is 0 Å². The third-order valence-electron chi connectivity index (χ3n) is 2.86. The summed E-state index contributed by atoms with van der Waals surface area (Å²) >= 11 is 6.17. The minimum absolute atomic E-state index is 0.684.